The second-order valence-corrected chi connectivity index (χ2v) is 6.70. The molecule has 1 aromatic heterocycles. The van der Waals surface area contributed by atoms with Crippen molar-refractivity contribution >= 4 is 21.5 Å². The van der Waals surface area contributed by atoms with Crippen molar-refractivity contribution in [3.05, 3.63) is 16.4 Å². The monoisotopic (exact) mass is 274 g/mol. The molecule has 18 heavy (non-hydrogen) atoms. The van der Waals surface area contributed by atoms with Crippen molar-refractivity contribution < 1.29 is 13.3 Å². The highest BCUT2D eigenvalue weighted by Gasteiger charge is 2.32. The van der Waals surface area contributed by atoms with Crippen LogP contribution in [0.4, 0.5) is 11.6 Å². The molecule has 9 heteroatoms. The van der Waals surface area contributed by atoms with E-state index in [2.05, 4.69) is 10.3 Å². The van der Waals surface area contributed by atoms with Gasteiger partial charge in [0, 0.05) is 13.6 Å². The van der Waals surface area contributed by atoms with Crippen molar-refractivity contribution in [2.24, 2.45) is 7.05 Å². The van der Waals surface area contributed by atoms with E-state index in [0.717, 1.165) is 0 Å². The van der Waals surface area contributed by atoms with Crippen LogP contribution in [0.3, 0.4) is 0 Å². The van der Waals surface area contributed by atoms with E-state index in [1.165, 1.54) is 10.9 Å². The van der Waals surface area contributed by atoms with Gasteiger partial charge in [0.2, 0.25) is 12.1 Å². The van der Waals surface area contributed by atoms with Crippen molar-refractivity contribution in [3.63, 3.8) is 0 Å². The fourth-order valence-corrected chi connectivity index (χ4v) is 3.82. The fraction of sp³-hybridized carbons (Fsp3) is 0.667. The van der Waals surface area contributed by atoms with Crippen LogP contribution in [0, 0.1) is 10.1 Å². The maximum atomic E-state index is 11.6. The van der Waals surface area contributed by atoms with Crippen LogP contribution in [0.15, 0.2) is 6.33 Å². The molecule has 1 atom stereocenters. The first-order valence-corrected chi connectivity index (χ1v) is 7.24. The minimum atomic E-state index is -3.05. The molecular formula is C9H14N4O4S. The molecule has 1 fully saturated rings. The number of nitrogens with zero attached hydrogens (tertiary/aromatic N) is 3. The third-order valence-electron chi connectivity index (χ3n) is 3.05. The Kier molecular flexibility index (Phi) is 3.24. The van der Waals surface area contributed by atoms with Crippen LogP contribution in [-0.4, -0.2) is 40.4 Å². The van der Waals surface area contributed by atoms with Gasteiger partial charge in [0.25, 0.3) is 0 Å². The molecule has 1 aliphatic rings. The lowest BCUT2D eigenvalue weighted by atomic mass is 10.2. The number of aryl methyl sites for hydroxylation is 1. The van der Waals surface area contributed by atoms with Crippen molar-refractivity contribution in [1.29, 1.82) is 0 Å². The number of rotatable bonds is 4. The fourth-order valence-electron chi connectivity index (χ4n) is 2.05. The van der Waals surface area contributed by atoms with Gasteiger partial charge in [-0.3, -0.25) is 4.57 Å². The molecule has 0 aromatic carbocycles. The van der Waals surface area contributed by atoms with Crippen LogP contribution in [0.2, 0.25) is 0 Å². The molecule has 0 saturated carbocycles. The minimum Gasteiger partial charge on any atom is -0.363 e. The lowest BCUT2D eigenvalue weighted by Crippen LogP contribution is -2.25. The maximum absolute atomic E-state index is 11.6. The summed E-state index contributed by atoms with van der Waals surface area (Å²) in [5, 5.41) is 13.1. The van der Waals surface area contributed by atoms with Crippen LogP contribution >= 0.6 is 0 Å². The van der Waals surface area contributed by atoms with E-state index in [9.17, 15) is 18.5 Å². The largest absolute Gasteiger partial charge is 0.406 e. The SMILES string of the molecule is Cn1cnc([N+](=O)[O-])c1NCC1CCCS1(=O)=O. The van der Waals surface area contributed by atoms with Crippen LogP contribution < -0.4 is 5.32 Å². The van der Waals surface area contributed by atoms with Crippen molar-refractivity contribution in [2.75, 3.05) is 17.6 Å². The van der Waals surface area contributed by atoms with E-state index in [1.807, 2.05) is 0 Å². The van der Waals surface area contributed by atoms with Gasteiger partial charge in [0.15, 0.2) is 9.84 Å². The van der Waals surface area contributed by atoms with E-state index in [-0.39, 0.29) is 23.9 Å². The summed E-state index contributed by atoms with van der Waals surface area (Å²) in [6.07, 6.45) is 2.58. The van der Waals surface area contributed by atoms with Gasteiger partial charge < -0.3 is 15.4 Å². The smallest absolute Gasteiger partial charge is 0.363 e. The molecule has 2 rings (SSSR count). The lowest BCUT2D eigenvalue weighted by molar-refractivity contribution is -0.388. The number of hydrogen-bond donors (Lipinski definition) is 1. The van der Waals surface area contributed by atoms with Crippen molar-refractivity contribution in [3.8, 4) is 0 Å². The molecule has 0 aliphatic carbocycles. The summed E-state index contributed by atoms with van der Waals surface area (Å²) in [5.41, 5.74) is 0. The lowest BCUT2D eigenvalue weighted by Gasteiger charge is -2.11. The third-order valence-corrected chi connectivity index (χ3v) is 5.33. The Labute approximate surface area is 104 Å². The molecule has 1 N–H and O–H groups in total. The van der Waals surface area contributed by atoms with Crippen LogP contribution in [0.1, 0.15) is 12.8 Å². The average molecular weight is 274 g/mol. The van der Waals surface area contributed by atoms with E-state index >= 15 is 0 Å². The topological polar surface area (TPSA) is 107 Å². The second-order valence-electron chi connectivity index (χ2n) is 4.30. The summed E-state index contributed by atoms with van der Waals surface area (Å²) in [6.45, 7) is 0.183. The summed E-state index contributed by atoms with van der Waals surface area (Å²) in [7, 11) is -1.43. The number of sulfone groups is 1. The standard InChI is InChI=1S/C9H14N4O4S/c1-12-6-11-9(13(14)15)8(12)10-5-7-3-2-4-18(7,16)17/h6-7,10H,2-5H2,1H3. The highest BCUT2D eigenvalue weighted by Crippen LogP contribution is 2.24. The Morgan fingerprint density at radius 1 is 1.67 bits per heavy atom. The molecule has 0 radical (unpaired) electrons. The molecule has 0 amide bonds. The van der Waals surface area contributed by atoms with Gasteiger partial charge in [0.1, 0.15) is 0 Å². The molecule has 1 unspecified atom stereocenters. The molecule has 8 nitrogen and oxygen atoms in total. The minimum absolute atomic E-state index is 0.183. The summed E-state index contributed by atoms with van der Waals surface area (Å²) in [6, 6.07) is 0. The predicted molar refractivity (Wildman–Crippen MR) is 65.2 cm³/mol. The number of hydrogen-bond acceptors (Lipinski definition) is 6. The molecule has 1 saturated heterocycles. The van der Waals surface area contributed by atoms with E-state index in [0.29, 0.717) is 12.8 Å². The Hall–Kier alpha value is -1.64. The Balaban J connectivity index is 2.11. The van der Waals surface area contributed by atoms with Gasteiger partial charge in [-0.2, -0.15) is 0 Å². The van der Waals surface area contributed by atoms with Gasteiger partial charge in [0.05, 0.1) is 11.0 Å². The Bertz CT molecular complexity index is 565. The van der Waals surface area contributed by atoms with Crippen molar-refractivity contribution in [1.82, 2.24) is 9.55 Å². The first-order chi connectivity index (χ1) is 8.42. The van der Waals surface area contributed by atoms with Gasteiger partial charge in [-0.15, -0.1) is 0 Å². The number of anilines is 1. The summed E-state index contributed by atoms with van der Waals surface area (Å²) in [5.74, 6) is 0.155. The predicted octanol–water partition coefficient (Wildman–Crippen LogP) is 0.317. The van der Waals surface area contributed by atoms with Crippen LogP contribution in [0.5, 0.6) is 0 Å². The molecular weight excluding hydrogens is 260 g/mol. The molecule has 2 heterocycles. The van der Waals surface area contributed by atoms with Gasteiger partial charge in [-0.25, -0.2) is 8.42 Å². The number of nitro groups is 1. The van der Waals surface area contributed by atoms with Gasteiger partial charge in [-0.1, -0.05) is 0 Å². The molecule has 1 aliphatic heterocycles. The molecule has 1 aromatic rings. The molecule has 0 spiro atoms. The average Bonchev–Trinajstić information content (AvgIpc) is 2.79. The maximum Gasteiger partial charge on any atom is 0.406 e. The van der Waals surface area contributed by atoms with Crippen LogP contribution in [0.25, 0.3) is 0 Å². The summed E-state index contributed by atoms with van der Waals surface area (Å²) < 4.78 is 24.7. The Morgan fingerprint density at radius 2 is 2.39 bits per heavy atom. The second kappa shape index (κ2) is 4.56. The summed E-state index contributed by atoms with van der Waals surface area (Å²) in [4.78, 5) is 13.8. The molecule has 0 bridgehead atoms. The molecule has 100 valence electrons. The van der Waals surface area contributed by atoms with Gasteiger partial charge >= 0.3 is 5.82 Å². The normalized spacial score (nSPS) is 21.9. The summed E-state index contributed by atoms with van der Waals surface area (Å²) >= 11 is 0. The highest BCUT2D eigenvalue weighted by atomic mass is 32.2. The number of imidazole rings is 1. The Morgan fingerprint density at radius 3 is 2.94 bits per heavy atom. The zero-order valence-electron chi connectivity index (χ0n) is 9.87. The highest BCUT2D eigenvalue weighted by molar-refractivity contribution is 7.92. The quantitative estimate of drug-likeness (QED) is 0.625. The van der Waals surface area contributed by atoms with E-state index in [1.54, 1.807) is 7.05 Å². The first kappa shape index (κ1) is 12.8. The van der Waals surface area contributed by atoms with E-state index < -0.39 is 20.0 Å². The van der Waals surface area contributed by atoms with Crippen molar-refractivity contribution in [2.45, 2.75) is 18.1 Å². The first-order valence-electron chi connectivity index (χ1n) is 5.53. The zero-order valence-corrected chi connectivity index (χ0v) is 10.7. The van der Waals surface area contributed by atoms with E-state index in [4.69, 9.17) is 0 Å². The number of nitrogens with one attached hydrogen (secondary N) is 1. The third kappa shape index (κ3) is 2.30. The number of aromatic nitrogens is 2. The zero-order chi connectivity index (χ0) is 13.3. The van der Waals surface area contributed by atoms with Gasteiger partial charge in [-0.05, 0) is 22.7 Å². The van der Waals surface area contributed by atoms with Crippen LogP contribution in [-0.2, 0) is 16.9 Å².